The van der Waals surface area contributed by atoms with Crippen molar-refractivity contribution >= 4 is 10.0 Å². The number of aliphatic hydroxyl groups is 1. The van der Waals surface area contributed by atoms with Crippen LogP contribution in [0, 0.1) is 5.92 Å². The zero-order chi connectivity index (χ0) is 12.3. The summed E-state index contributed by atoms with van der Waals surface area (Å²) in [5.74, 6) is 0.305. The van der Waals surface area contributed by atoms with Gasteiger partial charge in [0.2, 0.25) is 10.0 Å². The average molecular weight is 250 g/mol. The molecule has 2 N–H and O–H groups in total. The first-order valence-corrected chi connectivity index (χ1v) is 7.22. The van der Waals surface area contributed by atoms with Gasteiger partial charge in [0.15, 0.2) is 0 Å². The van der Waals surface area contributed by atoms with Crippen molar-refractivity contribution < 1.29 is 13.5 Å². The lowest BCUT2D eigenvalue weighted by atomic mass is 9.95. The topological polar surface area (TPSA) is 69.6 Å². The van der Waals surface area contributed by atoms with E-state index in [2.05, 4.69) is 9.62 Å². The van der Waals surface area contributed by atoms with Crippen LogP contribution in [-0.4, -0.2) is 56.5 Å². The third-order valence-corrected chi connectivity index (χ3v) is 5.05. The predicted molar refractivity (Wildman–Crippen MR) is 63.7 cm³/mol. The second-order valence-corrected chi connectivity index (χ2v) is 6.92. The third-order valence-electron chi connectivity index (χ3n) is 3.21. The minimum absolute atomic E-state index is 0.00444. The van der Waals surface area contributed by atoms with Gasteiger partial charge in [0.05, 0.1) is 11.9 Å². The summed E-state index contributed by atoms with van der Waals surface area (Å²) in [6.45, 7) is 5.04. The summed E-state index contributed by atoms with van der Waals surface area (Å²) in [5, 5.41) is 8.14. The molecule has 3 atom stereocenters. The van der Waals surface area contributed by atoms with Gasteiger partial charge in [-0.1, -0.05) is 6.92 Å². The second-order valence-electron chi connectivity index (χ2n) is 4.79. The van der Waals surface area contributed by atoms with Crippen LogP contribution >= 0.6 is 0 Å². The van der Waals surface area contributed by atoms with Gasteiger partial charge >= 0.3 is 0 Å². The van der Waals surface area contributed by atoms with Crippen LogP contribution < -0.4 is 4.72 Å². The Morgan fingerprint density at radius 3 is 2.69 bits per heavy atom. The van der Waals surface area contributed by atoms with Crippen molar-refractivity contribution in [3.63, 3.8) is 0 Å². The molecule has 96 valence electrons. The van der Waals surface area contributed by atoms with Gasteiger partial charge < -0.3 is 10.0 Å². The summed E-state index contributed by atoms with van der Waals surface area (Å²) in [4.78, 5) is 2.20. The van der Waals surface area contributed by atoms with Crippen LogP contribution in [-0.2, 0) is 10.0 Å². The molecular formula is C10H22N2O3S. The molecule has 1 heterocycles. The molecule has 0 radical (unpaired) electrons. The first kappa shape index (κ1) is 13.9. The van der Waals surface area contributed by atoms with Crippen molar-refractivity contribution in [2.24, 2.45) is 5.92 Å². The van der Waals surface area contributed by atoms with Crippen molar-refractivity contribution in [1.29, 1.82) is 0 Å². The lowest BCUT2D eigenvalue weighted by Gasteiger charge is -2.35. The molecule has 0 spiro atoms. The standard InChI is InChI=1S/C10H22N2O3S/c1-8-6-12(3)5-4-10(8)11-16(14,15)9(2)7-13/h8-11,13H,4-7H2,1-3H3. The van der Waals surface area contributed by atoms with Crippen LogP contribution in [0.2, 0.25) is 0 Å². The number of rotatable bonds is 4. The van der Waals surface area contributed by atoms with E-state index < -0.39 is 15.3 Å². The number of aliphatic hydroxyl groups excluding tert-OH is 1. The quantitative estimate of drug-likeness (QED) is 0.714. The van der Waals surface area contributed by atoms with Crippen molar-refractivity contribution in [3.05, 3.63) is 0 Å². The van der Waals surface area contributed by atoms with Gasteiger partial charge in [-0.15, -0.1) is 0 Å². The van der Waals surface area contributed by atoms with E-state index in [1.165, 1.54) is 6.92 Å². The highest BCUT2D eigenvalue weighted by Gasteiger charge is 2.30. The number of nitrogens with one attached hydrogen (secondary N) is 1. The van der Waals surface area contributed by atoms with Crippen LogP contribution in [0.25, 0.3) is 0 Å². The molecule has 5 nitrogen and oxygen atoms in total. The summed E-state index contributed by atoms with van der Waals surface area (Å²) in [6, 6.07) is -0.00444. The Balaban J connectivity index is 2.60. The average Bonchev–Trinajstić information content (AvgIpc) is 2.21. The number of piperidine rings is 1. The van der Waals surface area contributed by atoms with E-state index >= 15 is 0 Å². The molecule has 0 saturated carbocycles. The second kappa shape index (κ2) is 5.44. The Labute approximate surface area is 97.9 Å². The summed E-state index contributed by atoms with van der Waals surface area (Å²) >= 11 is 0. The summed E-state index contributed by atoms with van der Waals surface area (Å²) < 4.78 is 26.2. The third kappa shape index (κ3) is 3.41. The molecular weight excluding hydrogens is 228 g/mol. The number of nitrogens with zero attached hydrogens (tertiary/aromatic N) is 1. The molecule has 16 heavy (non-hydrogen) atoms. The molecule has 1 aliphatic heterocycles. The largest absolute Gasteiger partial charge is 0.395 e. The zero-order valence-corrected chi connectivity index (χ0v) is 11.0. The summed E-state index contributed by atoms with van der Waals surface area (Å²) in [6.07, 6.45) is 0.828. The Hall–Kier alpha value is -0.170. The van der Waals surface area contributed by atoms with Gasteiger partial charge in [-0.2, -0.15) is 0 Å². The van der Waals surface area contributed by atoms with Gasteiger partial charge in [-0.05, 0) is 32.9 Å². The molecule has 0 bridgehead atoms. The van der Waals surface area contributed by atoms with E-state index in [-0.39, 0.29) is 12.6 Å². The van der Waals surface area contributed by atoms with Crippen molar-refractivity contribution in [2.45, 2.75) is 31.6 Å². The molecule has 0 aliphatic carbocycles. The highest BCUT2D eigenvalue weighted by Crippen LogP contribution is 2.17. The molecule has 6 heteroatoms. The van der Waals surface area contributed by atoms with E-state index in [1.54, 1.807) is 0 Å². The van der Waals surface area contributed by atoms with Crippen molar-refractivity contribution in [3.8, 4) is 0 Å². The van der Waals surface area contributed by atoms with E-state index in [4.69, 9.17) is 5.11 Å². The van der Waals surface area contributed by atoms with Crippen LogP contribution in [0.1, 0.15) is 20.3 Å². The van der Waals surface area contributed by atoms with Crippen LogP contribution in [0.4, 0.5) is 0 Å². The Bertz CT molecular complexity index is 318. The van der Waals surface area contributed by atoms with E-state index in [0.717, 1.165) is 19.5 Å². The molecule has 1 aliphatic rings. The monoisotopic (exact) mass is 250 g/mol. The molecule has 0 aromatic heterocycles. The summed E-state index contributed by atoms with van der Waals surface area (Å²) in [5.41, 5.74) is 0. The van der Waals surface area contributed by atoms with Gasteiger partial charge in [0.1, 0.15) is 0 Å². The zero-order valence-electron chi connectivity index (χ0n) is 10.2. The van der Waals surface area contributed by atoms with Crippen molar-refractivity contribution in [1.82, 2.24) is 9.62 Å². The maximum Gasteiger partial charge on any atom is 0.216 e. The van der Waals surface area contributed by atoms with Gasteiger partial charge in [0, 0.05) is 12.6 Å². The fraction of sp³-hybridized carbons (Fsp3) is 1.00. The molecule has 3 unspecified atom stereocenters. The molecule has 1 saturated heterocycles. The molecule has 0 aromatic carbocycles. The number of hydrogen-bond donors (Lipinski definition) is 2. The SMILES string of the molecule is CC1CN(C)CCC1NS(=O)(=O)C(C)CO. The number of sulfonamides is 1. The lowest BCUT2D eigenvalue weighted by molar-refractivity contribution is 0.188. The minimum Gasteiger partial charge on any atom is -0.395 e. The number of likely N-dealkylation sites (tertiary alicyclic amines) is 1. The first-order chi connectivity index (χ1) is 7.36. The van der Waals surface area contributed by atoms with Gasteiger partial charge in [0.25, 0.3) is 0 Å². The Morgan fingerprint density at radius 1 is 1.56 bits per heavy atom. The van der Waals surface area contributed by atoms with E-state index in [0.29, 0.717) is 5.92 Å². The predicted octanol–water partition coefficient (Wildman–Crippen LogP) is -0.373. The summed E-state index contributed by atoms with van der Waals surface area (Å²) in [7, 11) is -1.34. The first-order valence-electron chi connectivity index (χ1n) is 5.67. The Morgan fingerprint density at radius 2 is 2.19 bits per heavy atom. The normalized spacial score (nSPS) is 30.2. The highest BCUT2D eigenvalue weighted by molar-refractivity contribution is 7.90. The fourth-order valence-electron chi connectivity index (χ4n) is 1.95. The Kier molecular flexibility index (Phi) is 4.73. The van der Waals surface area contributed by atoms with Crippen LogP contribution in [0.3, 0.4) is 0 Å². The van der Waals surface area contributed by atoms with Crippen molar-refractivity contribution in [2.75, 3.05) is 26.7 Å². The maximum atomic E-state index is 11.8. The van der Waals surface area contributed by atoms with E-state index in [9.17, 15) is 8.42 Å². The maximum absolute atomic E-state index is 11.8. The smallest absolute Gasteiger partial charge is 0.216 e. The molecule has 0 aromatic rings. The molecule has 1 rings (SSSR count). The van der Waals surface area contributed by atoms with Crippen LogP contribution in [0.15, 0.2) is 0 Å². The lowest BCUT2D eigenvalue weighted by Crippen LogP contribution is -2.50. The molecule has 0 amide bonds. The van der Waals surface area contributed by atoms with Crippen LogP contribution in [0.5, 0.6) is 0 Å². The fourth-order valence-corrected chi connectivity index (χ4v) is 3.16. The number of hydrogen-bond acceptors (Lipinski definition) is 4. The highest BCUT2D eigenvalue weighted by atomic mass is 32.2. The minimum atomic E-state index is -3.38. The molecule has 1 fully saturated rings. The van der Waals surface area contributed by atoms with Gasteiger partial charge in [-0.25, -0.2) is 13.1 Å². The van der Waals surface area contributed by atoms with E-state index in [1.807, 2.05) is 14.0 Å². The van der Waals surface area contributed by atoms with Gasteiger partial charge in [-0.3, -0.25) is 0 Å².